The molecule has 0 saturated heterocycles. The summed E-state index contributed by atoms with van der Waals surface area (Å²) in [7, 11) is 0. The van der Waals surface area contributed by atoms with E-state index < -0.39 is 11.9 Å². The number of aliphatic imine (C=N–C) groups is 2. The van der Waals surface area contributed by atoms with Crippen LogP contribution in [0, 0.1) is 27.7 Å². The van der Waals surface area contributed by atoms with Gasteiger partial charge in [0.2, 0.25) is 11.8 Å². The molecule has 63 heavy (non-hydrogen) atoms. The van der Waals surface area contributed by atoms with Crippen LogP contribution in [-0.4, -0.2) is 64.4 Å². The number of aromatic carboxylic acids is 2. The van der Waals surface area contributed by atoms with Gasteiger partial charge in [-0.05, 0) is 86.3 Å². The maximum Gasteiger partial charge on any atom is 0.338 e. The van der Waals surface area contributed by atoms with Gasteiger partial charge in [0.15, 0.2) is 0 Å². The Bertz CT molecular complexity index is 2760. The number of aromatic hydroxyl groups is 2. The Kier molecular flexibility index (Phi) is 13.9. The summed E-state index contributed by atoms with van der Waals surface area (Å²) >= 11 is 0. The number of hydrogen-bond acceptors (Lipinski definition) is 8. The summed E-state index contributed by atoms with van der Waals surface area (Å²) in [6, 6.07) is 44.6. The van der Waals surface area contributed by atoms with Gasteiger partial charge in [0, 0.05) is 40.3 Å². The van der Waals surface area contributed by atoms with E-state index in [0.717, 1.165) is 22.3 Å². The molecule has 0 amide bonds. The van der Waals surface area contributed by atoms with Crippen molar-refractivity contribution in [1.82, 2.24) is 19.6 Å². The second kappa shape index (κ2) is 19.7. The normalized spacial score (nSPS) is 11.0. The molecule has 12 nitrogen and oxygen atoms in total. The van der Waals surface area contributed by atoms with Crippen LogP contribution in [0.2, 0.25) is 0 Å². The predicted molar refractivity (Wildman–Crippen MR) is 242 cm³/mol. The maximum atomic E-state index is 11.8. The zero-order chi connectivity index (χ0) is 43.9. The standard InChI is InChI=1S/2C25H21N3O3.Co/c2*1-16-13-17(2)22(25(30)31)21(14-16)26-15-20-23(18-9-5-3-6-10-18)27-28(24(20)29)19-11-7-4-8-12-19;/h2*3-15,29H,1-2H3,(H,30,31);. The molecule has 2 aromatic heterocycles. The van der Waals surface area contributed by atoms with Gasteiger partial charge in [0.25, 0.3) is 0 Å². The van der Waals surface area contributed by atoms with Gasteiger partial charge in [-0.25, -0.2) is 19.0 Å². The van der Waals surface area contributed by atoms with E-state index in [-0.39, 0.29) is 39.7 Å². The summed E-state index contributed by atoms with van der Waals surface area (Å²) in [4.78, 5) is 32.4. The van der Waals surface area contributed by atoms with Crippen LogP contribution in [0.15, 0.2) is 156 Å². The van der Waals surface area contributed by atoms with Crippen molar-refractivity contribution in [3.8, 4) is 45.6 Å². The van der Waals surface area contributed by atoms with E-state index in [1.807, 2.05) is 147 Å². The van der Waals surface area contributed by atoms with Crippen molar-refractivity contribution in [1.29, 1.82) is 0 Å². The van der Waals surface area contributed by atoms with Crippen molar-refractivity contribution in [3.05, 3.63) is 190 Å². The number of aromatic nitrogens is 4. The first kappa shape index (κ1) is 44.7. The fraction of sp³-hybridized carbons (Fsp3) is 0.0800. The van der Waals surface area contributed by atoms with Crippen LogP contribution in [0.1, 0.15) is 54.1 Å². The van der Waals surface area contributed by atoms with Crippen molar-refractivity contribution in [2.24, 2.45) is 9.98 Å². The summed E-state index contributed by atoms with van der Waals surface area (Å²) in [5.74, 6) is -2.24. The quantitative estimate of drug-likeness (QED) is 0.0982. The predicted octanol–water partition coefficient (Wildman–Crippen LogP) is 10.6. The molecular formula is C50H42CoN6O6. The summed E-state index contributed by atoms with van der Waals surface area (Å²) in [5.41, 5.74) is 8.95. The van der Waals surface area contributed by atoms with Crippen LogP contribution < -0.4 is 0 Å². The van der Waals surface area contributed by atoms with E-state index in [1.54, 1.807) is 26.0 Å². The molecule has 4 N–H and O–H groups in total. The van der Waals surface area contributed by atoms with Crippen LogP contribution >= 0.6 is 0 Å². The molecule has 0 bridgehead atoms. The number of carboxylic acids is 2. The third kappa shape index (κ3) is 9.86. The number of hydrogen-bond donors (Lipinski definition) is 4. The largest absolute Gasteiger partial charge is 0.493 e. The second-order valence-corrected chi connectivity index (χ2v) is 14.5. The van der Waals surface area contributed by atoms with Gasteiger partial charge in [0.1, 0.15) is 11.4 Å². The second-order valence-electron chi connectivity index (χ2n) is 14.5. The molecule has 0 aliphatic heterocycles. The maximum absolute atomic E-state index is 11.8. The molecule has 2 heterocycles. The van der Waals surface area contributed by atoms with Gasteiger partial charge >= 0.3 is 11.9 Å². The molecule has 0 saturated carbocycles. The Morgan fingerprint density at radius 3 is 1.14 bits per heavy atom. The summed E-state index contributed by atoms with van der Waals surface area (Å²) in [6.07, 6.45) is 2.95. The summed E-state index contributed by atoms with van der Waals surface area (Å²) in [5, 5.41) is 50.5. The van der Waals surface area contributed by atoms with Crippen LogP contribution in [0.5, 0.6) is 11.8 Å². The minimum atomic E-state index is -1.04. The molecule has 0 atom stereocenters. The number of para-hydroxylation sites is 2. The van der Waals surface area contributed by atoms with Gasteiger partial charge in [-0.1, -0.05) is 109 Å². The third-order valence-corrected chi connectivity index (χ3v) is 9.90. The zero-order valence-electron chi connectivity index (χ0n) is 34.6. The monoisotopic (exact) mass is 881 g/mol. The van der Waals surface area contributed by atoms with Crippen molar-refractivity contribution in [2.75, 3.05) is 0 Å². The molecule has 13 heteroatoms. The Labute approximate surface area is 374 Å². The van der Waals surface area contributed by atoms with Gasteiger partial charge in [-0.15, -0.1) is 0 Å². The van der Waals surface area contributed by atoms with Gasteiger partial charge in [-0.2, -0.15) is 10.2 Å². The van der Waals surface area contributed by atoms with Gasteiger partial charge in [0.05, 0.1) is 45.0 Å². The molecule has 8 rings (SSSR count). The van der Waals surface area contributed by atoms with Crippen LogP contribution in [-0.2, 0) is 16.8 Å². The smallest absolute Gasteiger partial charge is 0.338 e. The molecule has 1 radical (unpaired) electrons. The van der Waals surface area contributed by atoms with Crippen molar-refractivity contribution < 1.29 is 46.8 Å². The SMILES string of the molecule is Cc1cc(C)c(C(=O)O)c(N=Cc2c(-c3ccccc3)nn(-c3ccccc3)c2O)c1.Cc1cc(C)c(C(=O)O)c(N=Cc2c(-c3ccccc3)nn(-c3ccccc3)c2O)c1.[Co]. The van der Waals surface area contributed by atoms with Crippen molar-refractivity contribution >= 4 is 35.7 Å². The van der Waals surface area contributed by atoms with E-state index in [4.69, 9.17) is 0 Å². The van der Waals surface area contributed by atoms with Crippen LogP contribution in [0.3, 0.4) is 0 Å². The number of carbonyl (C=O) groups is 2. The molecule has 0 spiro atoms. The number of aryl methyl sites for hydroxylation is 4. The van der Waals surface area contributed by atoms with E-state index >= 15 is 0 Å². The molecule has 317 valence electrons. The fourth-order valence-electron chi connectivity index (χ4n) is 7.12. The molecule has 0 aliphatic rings. The topological polar surface area (TPSA) is 175 Å². The molecule has 0 aliphatic carbocycles. The molecule has 0 fully saturated rings. The van der Waals surface area contributed by atoms with E-state index in [1.165, 1.54) is 21.8 Å². The Morgan fingerprint density at radius 1 is 0.508 bits per heavy atom. The molecule has 8 aromatic rings. The summed E-state index contributed by atoms with van der Waals surface area (Å²) < 4.78 is 2.90. The molecule has 6 aromatic carbocycles. The van der Waals surface area contributed by atoms with Crippen molar-refractivity contribution in [3.63, 3.8) is 0 Å². The Balaban J connectivity index is 0.000000206. The van der Waals surface area contributed by atoms with E-state index in [0.29, 0.717) is 56.4 Å². The number of nitrogens with zero attached hydrogens (tertiary/aromatic N) is 6. The Hall–Kier alpha value is -7.87. The van der Waals surface area contributed by atoms with Gasteiger partial charge < -0.3 is 20.4 Å². The Morgan fingerprint density at radius 2 is 0.825 bits per heavy atom. The first-order valence-electron chi connectivity index (χ1n) is 19.5. The minimum Gasteiger partial charge on any atom is -0.493 e. The first-order valence-corrected chi connectivity index (χ1v) is 19.5. The van der Waals surface area contributed by atoms with E-state index in [2.05, 4.69) is 20.2 Å². The average Bonchev–Trinajstić information content (AvgIpc) is 3.78. The molecule has 0 unspecified atom stereocenters. The number of benzene rings is 6. The van der Waals surface area contributed by atoms with E-state index in [9.17, 15) is 30.0 Å². The van der Waals surface area contributed by atoms with Crippen LogP contribution in [0.4, 0.5) is 11.4 Å². The fourth-order valence-corrected chi connectivity index (χ4v) is 7.12. The number of carboxylic acid groups (broad SMARTS) is 2. The average molecular weight is 882 g/mol. The minimum absolute atomic E-state index is 0. The number of rotatable bonds is 10. The zero-order valence-corrected chi connectivity index (χ0v) is 35.7. The first-order chi connectivity index (χ1) is 29.9. The van der Waals surface area contributed by atoms with Crippen molar-refractivity contribution in [2.45, 2.75) is 27.7 Å². The van der Waals surface area contributed by atoms with Gasteiger partial charge in [-0.3, -0.25) is 9.98 Å². The summed E-state index contributed by atoms with van der Waals surface area (Å²) in [6.45, 7) is 7.27. The molecular weight excluding hydrogens is 840 g/mol. The van der Waals surface area contributed by atoms with Crippen LogP contribution in [0.25, 0.3) is 33.9 Å². The third-order valence-electron chi connectivity index (χ3n) is 9.90.